The predicted octanol–water partition coefficient (Wildman–Crippen LogP) is 1.58. The van der Waals surface area contributed by atoms with Gasteiger partial charge < -0.3 is 24.8 Å². The molecule has 156 valence electrons. The van der Waals surface area contributed by atoms with E-state index in [0.717, 1.165) is 38.2 Å². The molecule has 28 heavy (non-hydrogen) atoms. The molecule has 1 amide bonds. The van der Waals surface area contributed by atoms with Crippen molar-refractivity contribution >= 4 is 5.91 Å². The molecule has 7 nitrogen and oxygen atoms in total. The fourth-order valence-electron chi connectivity index (χ4n) is 4.00. The van der Waals surface area contributed by atoms with Crippen LogP contribution in [0.4, 0.5) is 0 Å². The molecule has 0 radical (unpaired) electrons. The van der Waals surface area contributed by atoms with Gasteiger partial charge in [0.05, 0.1) is 33.5 Å². The summed E-state index contributed by atoms with van der Waals surface area (Å²) in [6.07, 6.45) is 2.72. The Labute approximate surface area is 167 Å². The number of hydrogen-bond acceptors (Lipinski definition) is 6. The maximum absolute atomic E-state index is 12.4. The van der Waals surface area contributed by atoms with Crippen molar-refractivity contribution in [2.24, 2.45) is 5.92 Å². The fourth-order valence-corrected chi connectivity index (χ4v) is 4.00. The summed E-state index contributed by atoms with van der Waals surface area (Å²) in [5.41, 5.74) is 1.11. The lowest BCUT2D eigenvalue weighted by molar-refractivity contribution is -0.121. The molecule has 0 aromatic heterocycles. The number of hydrogen-bond donors (Lipinski definition) is 2. The molecule has 2 heterocycles. The van der Waals surface area contributed by atoms with Gasteiger partial charge in [0.1, 0.15) is 0 Å². The molecule has 0 bridgehead atoms. The topological polar surface area (TPSA) is 72.1 Å². The lowest BCUT2D eigenvalue weighted by Gasteiger charge is -2.35. The first-order chi connectivity index (χ1) is 13.7. The van der Waals surface area contributed by atoms with Crippen LogP contribution in [0.3, 0.4) is 0 Å². The summed E-state index contributed by atoms with van der Waals surface area (Å²) in [4.78, 5) is 14.8. The van der Waals surface area contributed by atoms with E-state index < -0.39 is 0 Å². The van der Waals surface area contributed by atoms with E-state index in [1.165, 1.54) is 6.42 Å². The van der Waals surface area contributed by atoms with Gasteiger partial charge in [0, 0.05) is 26.1 Å². The minimum absolute atomic E-state index is 0.0841. The van der Waals surface area contributed by atoms with E-state index in [9.17, 15) is 4.79 Å². The van der Waals surface area contributed by atoms with Crippen molar-refractivity contribution < 1.29 is 19.0 Å². The molecule has 1 aromatic carbocycles. The van der Waals surface area contributed by atoms with Crippen LogP contribution in [0.2, 0.25) is 0 Å². The Balaban J connectivity index is 1.64. The highest BCUT2D eigenvalue weighted by Gasteiger charge is 2.24. The van der Waals surface area contributed by atoms with Crippen LogP contribution < -0.4 is 20.1 Å². The van der Waals surface area contributed by atoms with E-state index in [-0.39, 0.29) is 11.9 Å². The molecule has 2 fully saturated rings. The Morgan fingerprint density at radius 1 is 1.29 bits per heavy atom. The molecule has 7 heteroatoms. The average molecular weight is 392 g/mol. The van der Waals surface area contributed by atoms with E-state index in [0.29, 0.717) is 43.6 Å². The second kappa shape index (κ2) is 10.6. The van der Waals surface area contributed by atoms with E-state index >= 15 is 0 Å². The summed E-state index contributed by atoms with van der Waals surface area (Å²) in [5.74, 6) is 2.18. The maximum atomic E-state index is 12.4. The average Bonchev–Trinajstić information content (AvgIpc) is 3.26. The highest BCUT2D eigenvalue weighted by molar-refractivity contribution is 5.75. The van der Waals surface area contributed by atoms with Gasteiger partial charge in [-0.2, -0.15) is 0 Å². The zero-order chi connectivity index (χ0) is 19.8. The lowest BCUT2D eigenvalue weighted by Crippen LogP contribution is -2.43. The van der Waals surface area contributed by atoms with Crippen molar-refractivity contribution in [3.05, 3.63) is 23.8 Å². The third-order valence-corrected chi connectivity index (χ3v) is 5.71. The standard InChI is InChI=1S/C21H33N3O4/c1-26-19-5-4-17(13-20(19)27-2)18(24-9-11-28-12-10-24)15-23-21(25)6-3-16-7-8-22-14-16/h4-5,13,16,18,22H,3,6-12,14-15H2,1-2H3,(H,23,25). The van der Waals surface area contributed by atoms with E-state index in [1.807, 2.05) is 12.1 Å². The van der Waals surface area contributed by atoms with Crippen LogP contribution in [-0.2, 0) is 9.53 Å². The summed E-state index contributed by atoms with van der Waals surface area (Å²) in [6.45, 7) is 5.82. The van der Waals surface area contributed by atoms with Gasteiger partial charge in [0.25, 0.3) is 0 Å². The van der Waals surface area contributed by atoms with Crippen molar-refractivity contribution in [2.45, 2.75) is 25.3 Å². The molecule has 1 aromatic rings. The number of carbonyl (C=O) groups excluding carboxylic acids is 1. The molecule has 2 N–H and O–H groups in total. The smallest absolute Gasteiger partial charge is 0.220 e. The van der Waals surface area contributed by atoms with Crippen LogP contribution in [0.15, 0.2) is 18.2 Å². The van der Waals surface area contributed by atoms with Crippen molar-refractivity contribution in [3.63, 3.8) is 0 Å². The number of benzene rings is 1. The molecule has 2 atom stereocenters. The quantitative estimate of drug-likeness (QED) is 0.666. The predicted molar refractivity (Wildman–Crippen MR) is 108 cm³/mol. The number of nitrogens with one attached hydrogen (secondary N) is 2. The summed E-state index contributed by atoms with van der Waals surface area (Å²) in [5, 5.41) is 6.51. The number of carbonyl (C=O) groups is 1. The largest absolute Gasteiger partial charge is 0.493 e. The second-order valence-corrected chi connectivity index (χ2v) is 7.48. The van der Waals surface area contributed by atoms with Crippen molar-refractivity contribution in [1.82, 2.24) is 15.5 Å². The Morgan fingerprint density at radius 2 is 2.07 bits per heavy atom. The first-order valence-electron chi connectivity index (χ1n) is 10.2. The summed E-state index contributed by atoms with van der Waals surface area (Å²) >= 11 is 0. The second-order valence-electron chi connectivity index (χ2n) is 7.48. The van der Waals surface area contributed by atoms with Gasteiger partial charge >= 0.3 is 0 Å². The normalized spacial score (nSPS) is 21.3. The summed E-state index contributed by atoms with van der Waals surface area (Å²) in [7, 11) is 3.28. The number of amides is 1. The monoisotopic (exact) mass is 391 g/mol. The van der Waals surface area contributed by atoms with Crippen LogP contribution in [0.25, 0.3) is 0 Å². The van der Waals surface area contributed by atoms with Gasteiger partial charge in [-0.15, -0.1) is 0 Å². The first-order valence-corrected chi connectivity index (χ1v) is 10.2. The van der Waals surface area contributed by atoms with Gasteiger partial charge in [-0.1, -0.05) is 6.07 Å². The molecule has 0 aliphatic carbocycles. The Kier molecular flexibility index (Phi) is 7.94. The summed E-state index contributed by atoms with van der Waals surface area (Å²) in [6, 6.07) is 6.07. The molecule has 2 saturated heterocycles. The third kappa shape index (κ3) is 5.59. The minimum Gasteiger partial charge on any atom is -0.493 e. The van der Waals surface area contributed by atoms with Crippen LogP contribution in [0, 0.1) is 5.92 Å². The Morgan fingerprint density at radius 3 is 2.75 bits per heavy atom. The SMILES string of the molecule is COc1ccc(C(CNC(=O)CCC2CCNC2)N2CCOCC2)cc1OC. The molecular formula is C21H33N3O4. The number of methoxy groups -OCH3 is 2. The van der Waals surface area contributed by atoms with Crippen molar-refractivity contribution in [3.8, 4) is 11.5 Å². The van der Waals surface area contributed by atoms with Gasteiger partial charge in [-0.3, -0.25) is 9.69 Å². The third-order valence-electron chi connectivity index (χ3n) is 5.71. The Bertz CT molecular complexity index is 628. The molecule has 2 aliphatic rings. The molecule has 0 spiro atoms. The molecular weight excluding hydrogens is 358 g/mol. The highest BCUT2D eigenvalue weighted by Crippen LogP contribution is 2.32. The van der Waals surface area contributed by atoms with Gasteiger partial charge in [0.15, 0.2) is 11.5 Å². The first kappa shape index (κ1) is 20.9. The molecule has 2 aliphatic heterocycles. The van der Waals surface area contributed by atoms with E-state index in [4.69, 9.17) is 14.2 Å². The highest BCUT2D eigenvalue weighted by atomic mass is 16.5. The van der Waals surface area contributed by atoms with Crippen LogP contribution >= 0.6 is 0 Å². The van der Waals surface area contributed by atoms with E-state index in [1.54, 1.807) is 14.2 Å². The molecule has 3 rings (SSSR count). The molecule has 0 saturated carbocycles. The van der Waals surface area contributed by atoms with Crippen molar-refractivity contribution in [2.75, 3.05) is 60.2 Å². The lowest BCUT2D eigenvalue weighted by atomic mass is 10.0. The molecule has 2 unspecified atom stereocenters. The van der Waals surface area contributed by atoms with Crippen LogP contribution in [0.5, 0.6) is 11.5 Å². The zero-order valence-electron chi connectivity index (χ0n) is 17.0. The maximum Gasteiger partial charge on any atom is 0.220 e. The number of ether oxygens (including phenoxy) is 3. The number of morpholine rings is 1. The van der Waals surface area contributed by atoms with Gasteiger partial charge in [-0.05, 0) is 49.5 Å². The van der Waals surface area contributed by atoms with Gasteiger partial charge in [0.2, 0.25) is 5.91 Å². The Hall–Kier alpha value is -1.83. The van der Waals surface area contributed by atoms with Crippen LogP contribution in [0.1, 0.15) is 30.9 Å². The van der Waals surface area contributed by atoms with E-state index in [2.05, 4.69) is 21.6 Å². The minimum atomic E-state index is 0.0841. The van der Waals surface area contributed by atoms with Crippen molar-refractivity contribution in [1.29, 1.82) is 0 Å². The van der Waals surface area contributed by atoms with Gasteiger partial charge in [-0.25, -0.2) is 0 Å². The summed E-state index contributed by atoms with van der Waals surface area (Å²) < 4.78 is 16.3. The zero-order valence-corrected chi connectivity index (χ0v) is 17.0. The van der Waals surface area contributed by atoms with Crippen LogP contribution in [-0.4, -0.2) is 71.0 Å². The number of rotatable bonds is 9. The number of nitrogens with zero attached hydrogens (tertiary/aromatic N) is 1. The fraction of sp³-hybridized carbons (Fsp3) is 0.667.